The molecule has 2 aromatic heterocycles. The Bertz CT molecular complexity index is 1470. The zero-order chi connectivity index (χ0) is 25.1. The highest BCUT2D eigenvalue weighted by molar-refractivity contribution is 5.96. The van der Waals surface area contributed by atoms with Crippen LogP contribution in [0.4, 0.5) is 11.5 Å². The highest BCUT2D eigenvalue weighted by Crippen LogP contribution is 2.39. The molecule has 6 rings (SSSR count). The summed E-state index contributed by atoms with van der Waals surface area (Å²) < 4.78 is 0. The van der Waals surface area contributed by atoms with E-state index < -0.39 is 0 Å². The average molecular weight is 481 g/mol. The van der Waals surface area contributed by atoms with Crippen molar-refractivity contribution in [1.29, 1.82) is 0 Å². The molecule has 0 unspecified atom stereocenters. The monoisotopic (exact) mass is 480 g/mol. The number of hydrogen-bond acceptors (Lipinski definition) is 5. The maximum atomic E-state index is 5.30. The first kappa shape index (κ1) is 23.0. The number of nitrogens with one attached hydrogen (secondary N) is 1. The summed E-state index contributed by atoms with van der Waals surface area (Å²) in [5.74, 6) is 2.47. The first-order chi connectivity index (χ1) is 17.3. The number of nitrogens with zero attached hydrogens (tertiary/aromatic N) is 5. The van der Waals surface area contributed by atoms with Crippen molar-refractivity contribution < 1.29 is 0 Å². The molecule has 6 heteroatoms. The summed E-state index contributed by atoms with van der Waals surface area (Å²) in [5.41, 5.74) is 10.9. The van der Waals surface area contributed by atoms with Crippen LogP contribution in [0.25, 0.3) is 22.3 Å². The predicted octanol–water partition coefficient (Wildman–Crippen LogP) is 6.23. The highest BCUT2D eigenvalue weighted by Gasteiger charge is 2.32. The number of rotatable bonds is 4. The van der Waals surface area contributed by atoms with Crippen LogP contribution >= 0.6 is 0 Å². The van der Waals surface area contributed by atoms with Crippen LogP contribution in [0.1, 0.15) is 66.8 Å². The Hall–Kier alpha value is -3.41. The summed E-state index contributed by atoms with van der Waals surface area (Å²) in [6.07, 6.45) is 2.13. The molecule has 2 aliphatic heterocycles. The van der Waals surface area contributed by atoms with Gasteiger partial charge in [-0.3, -0.25) is 5.10 Å². The van der Waals surface area contributed by atoms with Crippen molar-refractivity contribution in [3.8, 4) is 11.4 Å². The second-order valence-electron chi connectivity index (χ2n) is 11.0. The Kier molecular flexibility index (Phi) is 5.51. The van der Waals surface area contributed by atoms with Gasteiger partial charge in [-0.15, -0.1) is 0 Å². The number of aryl methyl sites for hydroxylation is 3. The smallest absolute Gasteiger partial charge is 0.162 e. The third-order valence-corrected chi connectivity index (χ3v) is 8.21. The van der Waals surface area contributed by atoms with Gasteiger partial charge >= 0.3 is 0 Å². The van der Waals surface area contributed by atoms with Gasteiger partial charge in [0.15, 0.2) is 5.82 Å². The molecule has 36 heavy (non-hydrogen) atoms. The van der Waals surface area contributed by atoms with Gasteiger partial charge in [-0.05, 0) is 68.9 Å². The minimum Gasteiger partial charge on any atom is -0.366 e. The number of fused-ring (bicyclic) bond motifs is 2. The van der Waals surface area contributed by atoms with Crippen LogP contribution in [0.5, 0.6) is 0 Å². The van der Waals surface area contributed by atoms with E-state index in [0.717, 1.165) is 59.9 Å². The summed E-state index contributed by atoms with van der Waals surface area (Å²) in [7, 11) is 0. The molecule has 4 heterocycles. The molecule has 0 amide bonds. The van der Waals surface area contributed by atoms with E-state index in [-0.39, 0.29) is 0 Å². The van der Waals surface area contributed by atoms with Crippen LogP contribution in [0.2, 0.25) is 0 Å². The Morgan fingerprint density at radius 3 is 2.53 bits per heavy atom. The van der Waals surface area contributed by atoms with Gasteiger partial charge in [0.25, 0.3) is 0 Å². The van der Waals surface area contributed by atoms with Gasteiger partial charge in [-0.1, -0.05) is 32.0 Å². The Labute approximate surface area is 213 Å². The molecular formula is C30H36N6. The van der Waals surface area contributed by atoms with Gasteiger partial charge in [0.1, 0.15) is 5.82 Å². The van der Waals surface area contributed by atoms with Gasteiger partial charge < -0.3 is 9.80 Å². The van der Waals surface area contributed by atoms with Crippen LogP contribution in [-0.2, 0) is 13.0 Å². The van der Waals surface area contributed by atoms with Crippen molar-refractivity contribution in [2.24, 2.45) is 0 Å². The minimum atomic E-state index is 0.505. The van der Waals surface area contributed by atoms with Crippen LogP contribution in [0.3, 0.4) is 0 Å². The summed E-state index contributed by atoms with van der Waals surface area (Å²) in [4.78, 5) is 15.5. The Morgan fingerprint density at radius 1 is 1.00 bits per heavy atom. The van der Waals surface area contributed by atoms with Gasteiger partial charge in [0.05, 0.1) is 11.2 Å². The van der Waals surface area contributed by atoms with Crippen molar-refractivity contribution in [3.05, 3.63) is 64.0 Å². The molecule has 0 spiro atoms. The van der Waals surface area contributed by atoms with Gasteiger partial charge in [0, 0.05) is 60.0 Å². The largest absolute Gasteiger partial charge is 0.366 e. The van der Waals surface area contributed by atoms with Crippen LogP contribution < -0.4 is 9.80 Å². The lowest BCUT2D eigenvalue weighted by Crippen LogP contribution is -2.47. The molecular weight excluding hydrogens is 444 g/mol. The Balaban J connectivity index is 1.48. The lowest BCUT2D eigenvalue weighted by molar-refractivity contribution is 0.472. The third kappa shape index (κ3) is 3.66. The van der Waals surface area contributed by atoms with E-state index in [0.29, 0.717) is 12.0 Å². The molecule has 4 aromatic rings. The average Bonchev–Trinajstić information content (AvgIpc) is 3.23. The molecule has 2 aromatic carbocycles. The second-order valence-corrected chi connectivity index (χ2v) is 11.0. The molecule has 0 bridgehead atoms. The summed E-state index contributed by atoms with van der Waals surface area (Å²) in [6.45, 7) is 16.2. The van der Waals surface area contributed by atoms with Crippen molar-refractivity contribution >= 4 is 22.4 Å². The lowest BCUT2D eigenvalue weighted by Gasteiger charge is -2.42. The third-order valence-electron chi connectivity index (χ3n) is 8.21. The molecule has 6 nitrogen and oxygen atoms in total. The second kappa shape index (κ2) is 8.61. The molecule has 2 aliphatic rings. The van der Waals surface area contributed by atoms with Crippen LogP contribution in [0, 0.1) is 20.8 Å². The lowest BCUT2D eigenvalue weighted by atomic mass is 9.96. The molecule has 186 valence electrons. The normalized spacial score (nSPS) is 17.6. The first-order valence-electron chi connectivity index (χ1n) is 13.3. The molecule has 1 saturated heterocycles. The summed E-state index contributed by atoms with van der Waals surface area (Å²) >= 11 is 0. The molecule has 0 aliphatic carbocycles. The van der Waals surface area contributed by atoms with Gasteiger partial charge in [0.2, 0.25) is 0 Å². The fraction of sp³-hybridized carbons (Fsp3) is 0.433. The number of H-pyrrole nitrogens is 1. The first-order valence-corrected chi connectivity index (χ1v) is 13.3. The number of aromatic amines is 1. The summed E-state index contributed by atoms with van der Waals surface area (Å²) in [6, 6.07) is 11.7. The SMILES string of the molecule is Cc1ccc(C(C)C)cc1N1CCc2nc(-c3c(C)ccc4n[nH]c(C)c34)nc(N3CC[C@@H]3C)c2C1. The van der Waals surface area contributed by atoms with E-state index in [1.807, 2.05) is 0 Å². The fourth-order valence-corrected chi connectivity index (χ4v) is 5.77. The zero-order valence-electron chi connectivity index (χ0n) is 22.3. The molecule has 1 N–H and O–H groups in total. The molecule has 1 atom stereocenters. The molecule has 0 radical (unpaired) electrons. The van der Waals surface area contributed by atoms with E-state index >= 15 is 0 Å². The number of hydrogen-bond donors (Lipinski definition) is 1. The predicted molar refractivity (Wildman–Crippen MR) is 148 cm³/mol. The molecule has 1 fully saturated rings. The van der Waals surface area contributed by atoms with E-state index in [9.17, 15) is 0 Å². The van der Waals surface area contributed by atoms with Crippen molar-refractivity contribution in [3.63, 3.8) is 0 Å². The van der Waals surface area contributed by atoms with E-state index in [2.05, 4.69) is 91.9 Å². The minimum absolute atomic E-state index is 0.505. The van der Waals surface area contributed by atoms with E-state index in [1.54, 1.807) is 0 Å². The Morgan fingerprint density at radius 2 is 1.81 bits per heavy atom. The highest BCUT2D eigenvalue weighted by atomic mass is 15.3. The maximum absolute atomic E-state index is 5.30. The van der Waals surface area contributed by atoms with Crippen molar-refractivity contribution in [2.45, 2.75) is 72.9 Å². The number of anilines is 2. The van der Waals surface area contributed by atoms with Crippen LogP contribution in [-0.4, -0.2) is 39.3 Å². The van der Waals surface area contributed by atoms with E-state index in [1.165, 1.54) is 40.1 Å². The standard InChI is InChI=1S/C30H36N6/c1-17(2)22-9-7-18(3)26(15-22)35-13-12-24-23(16-35)30(36-14-11-20(36)5)32-29(31-24)27-19(4)8-10-25-28(27)21(6)33-34-25/h7-10,15,17,20H,11-14,16H2,1-6H3,(H,33,34)/t20-/m0/s1. The van der Waals surface area contributed by atoms with Crippen molar-refractivity contribution in [1.82, 2.24) is 20.2 Å². The van der Waals surface area contributed by atoms with Gasteiger partial charge in [-0.25, -0.2) is 9.97 Å². The quantitative estimate of drug-likeness (QED) is 0.375. The van der Waals surface area contributed by atoms with Crippen LogP contribution in [0.15, 0.2) is 30.3 Å². The maximum Gasteiger partial charge on any atom is 0.162 e. The zero-order valence-corrected chi connectivity index (χ0v) is 22.3. The van der Waals surface area contributed by atoms with Crippen molar-refractivity contribution in [2.75, 3.05) is 22.9 Å². The van der Waals surface area contributed by atoms with E-state index in [4.69, 9.17) is 9.97 Å². The number of aromatic nitrogens is 4. The number of benzene rings is 2. The summed E-state index contributed by atoms with van der Waals surface area (Å²) in [5, 5.41) is 8.80. The topological polar surface area (TPSA) is 60.9 Å². The van der Waals surface area contributed by atoms with Gasteiger partial charge in [-0.2, -0.15) is 5.10 Å². The molecule has 0 saturated carbocycles. The fourth-order valence-electron chi connectivity index (χ4n) is 5.77.